The summed E-state index contributed by atoms with van der Waals surface area (Å²) >= 11 is 0. The van der Waals surface area contributed by atoms with Crippen LogP contribution in [0.5, 0.6) is 0 Å². The van der Waals surface area contributed by atoms with Gasteiger partial charge in [0.25, 0.3) is 5.91 Å². The third-order valence-corrected chi connectivity index (χ3v) is 5.30. The number of hydrogen-bond acceptors (Lipinski definition) is 4. The number of anilines is 1. The van der Waals surface area contributed by atoms with Crippen LogP contribution >= 0.6 is 0 Å². The Hall–Kier alpha value is -2.08. The zero-order chi connectivity index (χ0) is 18.0. The Bertz CT molecular complexity index is 640. The lowest BCUT2D eigenvalue weighted by Crippen LogP contribution is -2.61. The van der Waals surface area contributed by atoms with Crippen LogP contribution in [-0.2, 0) is 4.79 Å². The van der Waals surface area contributed by atoms with E-state index in [2.05, 4.69) is 23.6 Å². The molecule has 2 N–H and O–H groups in total. The Morgan fingerprint density at radius 2 is 1.84 bits per heavy atom. The van der Waals surface area contributed by atoms with Gasteiger partial charge in [0.15, 0.2) is 0 Å². The predicted octanol–water partition coefficient (Wildman–Crippen LogP) is 1.31. The monoisotopic (exact) mass is 344 g/mol. The van der Waals surface area contributed by atoms with Crippen molar-refractivity contribution in [1.29, 1.82) is 0 Å². The van der Waals surface area contributed by atoms with Crippen molar-refractivity contribution < 1.29 is 9.59 Å². The molecule has 0 aromatic heterocycles. The van der Waals surface area contributed by atoms with Crippen LogP contribution in [0.3, 0.4) is 0 Å². The SMILES string of the molecule is CC(C)N1CCN(C(=O)c2cccc(N3CCCC3)c2)C(C(N)=O)C1. The maximum Gasteiger partial charge on any atom is 0.254 e. The van der Waals surface area contributed by atoms with Gasteiger partial charge in [-0.2, -0.15) is 0 Å². The van der Waals surface area contributed by atoms with Crippen LogP contribution in [0.2, 0.25) is 0 Å². The predicted molar refractivity (Wildman–Crippen MR) is 98.6 cm³/mol. The lowest BCUT2D eigenvalue weighted by molar-refractivity contribution is -0.124. The normalized spacial score (nSPS) is 21.8. The van der Waals surface area contributed by atoms with Gasteiger partial charge in [0.2, 0.25) is 5.91 Å². The molecule has 1 atom stereocenters. The summed E-state index contributed by atoms with van der Waals surface area (Å²) in [5.74, 6) is -0.539. The van der Waals surface area contributed by atoms with Crippen LogP contribution in [0, 0.1) is 0 Å². The Labute approximate surface area is 149 Å². The van der Waals surface area contributed by atoms with E-state index in [1.807, 2.05) is 24.3 Å². The first-order valence-electron chi connectivity index (χ1n) is 9.16. The number of primary amides is 1. The molecule has 0 bridgehead atoms. The molecular weight excluding hydrogens is 316 g/mol. The Morgan fingerprint density at radius 3 is 2.48 bits per heavy atom. The van der Waals surface area contributed by atoms with Crippen molar-refractivity contribution in [3.05, 3.63) is 29.8 Å². The first kappa shape index (κ1) is 17.7. The summed E-state index contributed by atoms with van der Waals surface area (Å²) in [6.45, 7) is 8.05. The van der Waals surface area contributed by atoms with E-state index in [1.165, 1.54) is 12.8 Å². The highest BCUT2D eigenvalue weighted by Crippen LogP contribution is 2.23. The number of rotatable bonds is 4. The molecule has 25 heavy (non-hydrogen) atoms. The van der Waals surface area contributed by atoms with E-state index in [9.17, 15) is 9.59 Å². The van der Waals surface area contributed by atoms with Gasteiger partial charge in [-0.3, -0.25) is 14.5 Å². The Balaban J connectivity index is 1.79. The van der Waals surface area contributed by atoms with Gasteiger partial charge in [0, 0.05) is 50.0 Å². The first-order valence-corrected chi connectivity index (χ1v) is 9.16. The van der Waals surface area contributed by atoms with Crippen LogP contribution in [0.4, 0.5) is 5.69 Å². The molecule has 0 aliphatic carbocycles. The minimum absolute atomic E-state index is 0.103. The second-order valence-corrected chi connectivity index (χ2v) is 7.25. The molecule has 0 radical (unpaired) electrons. The van der Waals surface area contributed by atoms with E-state index >= 15 is 0 Å². The van der Waals surface area contributed by atoms with Crippen molar-refractivity contribution >= 4 is 17.5 Å². The minimum atomic E-state index is -0.570. The molecule has 2 saturated heterocycles. The molecule has 3 rings (SSSR count). The van der Waals surface area contributed by atoms with Crippen molar-refractivity contribution in [3.63, 3.8) is 0 Å². The number of hydrogen-bond donors (Lipinski definition) is 1. The number of carbonyl (C=O) groups excluding carboxylic acids is 2. The molecule has 2 amide bonds. The molecule has 1 aromatic rings. The Morgan fingerprint density at radius 1 is 1.12 bits per heavy atom. The molecule has 1 aromatic carbocycles. The van der Waals surface area contributed by atoms with Crippen LogP contribution in [-0.4, -0.2) is 66.4 Å². The number of benzene rings is 1. The van der Waals surface area contributed by atoms with Crippen LogP contribution < -0.4 is 10.6 Å². The molecule has 2 aliphatic heterocycles. The van der Waals surface area contributed by atoms with Crippen molar-refractivity contribution in [1.82, 2.24) is 9.80 Å². The zero-order valence-corrected chi connectivity index (χ0v) is 15.1. The number of nitrogens with zero attached hydrogens (tertiary/aromatic N) is 3. The van der Waals surface area contributed by atoms with Gasteiger partial charge in [-0.25, -0.2) is 0 Å². The van der Waals surface area contributed by atoms with Gasteiger partial charge >= 0.3 is 0 Å². The van der Waals surface area contributed by atoms with Crippen molar-refractivity contribution in [3.8, 4) is 0 Å². The smallest absolute Gasteiger partial charge is 0.254 e. The summed E-state index contributed by atoms with van der Waals surface area (Å²) in [6, 6.07) is 7.50. The molecule has 1 unspecified atom stereocenters. The van der Waals surface area contributed by atoms with E-state index in [-0.39, 0.29) is 5.91 Å². The standard InChI is InChI=1S/C19H28N4O2/c1-14(2)22-10-11-23(17(13-22)18(20)24)19(25)15-6-5-7-16(12-15)21-8-3-4-9-21/h5-7,12,14,17H,3-4,8-11,13H2,1-2H3,(H2,20,24). The lowest BCUT2D eigenvalue weighted by atomic mass is 10.1. The van der Waals surface area contributed by atoms with E-state index < -0.39 is 11.9 Å². The summed E-state index contributed by atoms with van der Waals surface area (Å²) in [4.78, 5) is 31.1. The highest BCUT2D eigenvalue weighted by molar-refractivity contribution is 5.98. The molecule has 0 spiro atoms. The highest BCUT2D eigenvalue weighted by Gasteiger charge is 2.35. The van der Waals surface area contributed by atoms with E-state index in [0.29, 0.717) is 24.7 Å². The maximum absolute atomic E-state index is 13.0. The topological polar surface area (TPSA) is 69.9 Å². The number of nitrogens with two attached hydrogens (primary N) is 1. The maximum atomic E-state index is 13.0. The van der Waals surface area contributed by atoms with Gasteiger partial charge in [0.05, 0.1) is 0 Å². The van der Waals surface area contributed by atoms with Crippen LogP contribution in [0.15, 0.2) is 24.3 Å². The van der Waals surface area contributed by atoms with Crippen molar-refractivity contribution in [2.45, 2.75) is 38.8 Å². The van der Waals surface area contributed by atoms with Gasteiger partial charge in [-0.05, 0) is 44.9 Å². The summed E-state index contributed by atoms with van der Waals surface area (Å²) in [7, 11) is 0. The average molecular weight is 344 g/mol. The number of carbonyl (C=O) groups is 2. The third kappa shape index (κ3) is 3.79. The number of piperazine rings is 1. The molecule has 0 saturated carbocycles. The highest BCUT2D eigenvalue weighted by atomic mass is 16.2. The summed E-state index contributed by atoms with van der Waals surface area (Å²) in [6.07, 6.45) is 2.39. The van der Waals surface area contributed by atoms with Crippen LogP contribution in [0.25, 0.3) is 0 Å². The van der Waals surface area contributed by atoms with E-state index in [0.717, 1.165) is 25.3 Å². The second kappa shape index (κ2) is 7.44. The molecule has 2 heterocycles. The minimum Gasteiger partial charge on any atom is -0.372 e. The average Bonchev–Trinajstić information content (AvgIpc) is 3.15. The molecule has 2 fully saturated rings. The fraction of sp³-hybridized carbons (Fsp3) is 0.579. The lowest BCUT2D eigenvalue weighted by Gasteiger charge is -2.41. The molecule has 6 heteroatoms. The van der Waals surface area contributed by atoms with E-state index in [1.54, 1.807) is 4.90 Å². The van der Waals surface area contributed by atoms with Crippen molar-refractivity contribution in [2.75, 3.05) is 37.6 Å². The fourth-order valence-corrected chi connectivity index (χ4v) is 3.74. The molecular formula is C19H28N4O2. The summed E-state index contributed by atoms with van der Waals surface area (Å²) in [5, 5.41) is 0. The number of amides is 2. The van der Waals surface area contributed by atoms with E-state index in [4.69, 9.17) is 5.73 Å². The molecule has 136 valence electrons. The third-order valence-electron chi connectivity index (χ3n) is 5.30. The van der Waals surface area contributed by atoms with Crippen molar-refractivity contribution in [2.24, 2.45) is 5.73 Å². The molecule has 2 aliphatic rings. The van der Waals surface area contributed by atoms with Gasteiger partial charge < -0.3 is 15.5 Å². The Kier molecular flexibility index (Phi) is 5.27. The summed E-state index contributed by atoms with van der Waals surface area (Å²) in [5.41, 5.74) is 7.31. The van der Waals surface area contributed by atoms with Gasteiger partial charge in [0.1, 0.15) is 6.04 Å². The van der Waals surface area contributed by atoms with Crippen LogP contribution in [0.1, 0.15) is 37.0 Å². The van der Waals surface area contributed by atoms with Gasteiger partial charge in [-0.15, -0.1) is 0 Å². The second-order valence-electron chi connectivity index (χ2n) is 7.25. The van der Waals surface area contributed by atoms with Gasteiger partial charge in [-0.1, -0.05) is 6.07 Å². The quantitative estimate of drug-likeness (QED) is 0.894. The first-order chi connectivity index (χ1) is 12.0. The molecule has 6 nitrogen and oxygen atoms in total. The fourth-order valence-electron chi connectivity index (χ4n) is 3.74. The summed E-state index contributed by atoms with van der Waals surface area (Å²) < 4.78 is 0. The largest absolute Gasteiger partial charge is 0.372 e. The zero-order valence-electron chi connectivity index (χ0n) is 15.1.